The first-order valence-corrected chi connectivity index (χ1v) is 12.1. The van der Waals surface area contributed by atoms with Gasteiger partial charge in [-0.1, -0.05) is 32.9 Å². The van der Waals surface area contributed by atoms with E-state index in [1.165, 1.54) is 6.42 Å². The van der Waals surface area contributed by atoms with E-state index in [1.54, 1.807) is 6.20 Å². The summed E-state index contributed by atoms with van der Waals surface area (Å²) in [7, 11) is 2.21. The third-order valence-electron chi connectivity index (χ3n) is 6.87. The standard InChI is InChI=1S/C27H33N7O/c1-17-12-20(14-29-24(17)34-16-21-13-22(34)15-33(21)5)31-26-28-11-10-23(32-26)18-6-8-19(9-7-18)30-25(35)27(2,3)4/h6-12,14,21-22H,13,15-16H2,1-5H3,(H,30,35)(H,28,31,32)/t21-,22-/m0/s1. The highest BCUT2D eigenvalue weighted by atomic mass is 16.2. The van der Waals surface area contributed by atoms with Crippen LogP contribution in [0, 0.1) is 12.3 Å². The van der Waals surface area contributed by atoms with Crippen molar-refractivity contribution in [2.45, 2.75) is 46.2 Å². The lowest BCUT2D eigenvalue weighted by Gasteiger charge is -2.33. The lowest BCUT2D eigenvalue weighted by molar-refractivity contribution is -0.123. The number of rotatable bonds is 5. The number of nitrogens with one attached hydrogen (secondary N) is 2. The van der Waals surface area contributed by atoms with Crippen LogP contribution >= 0.6 is 0 Å². The molecule has 5 rings (SSSR count). The first-order chi connectivity index (χ1) is 16.7. The summed E-state index contributed by atoms with van der Waals surface area (Å²) in [6.07, 6.45) is 4.83. The quantitative estimate of drug-likeness (QED) is 0.568. The van der Waals surface area contributed by atoms with E-state index >= 15 is 0 Å². The number of fused-ring (bicyclic) bond motifs is 2. The number of likely N-dealkylation sites (tertiary alicyclic amines) is 1. The SMILES string of the molecule is Cc1cc(Nc2nccc(-c3ccc(NC(=O)C(C)(C)C)cc3)n2)cnc1N1C[C@@H]2C[C@H]1CN2C. The summed E-state index contributed by atoms with van der Waals surface area (Å²) in [5, 5.41) is 6.25. The average molecular weight is 472 g/mol. The Labute approximate surface area is 206 Å². The molecule has 4 heterocycles. The minimum absolute atomic E-state index is 0.0155. The molecule has 8 nitrogen and oxygen atoms in total. The van der Waals surface area contributed by atoms with Crippen LogP contribution in [0.25, 0.3) is 11.3 Å². The van der Waals surface area contributed by atoms with Crippen molar-refractivity contribution in [2.24, 2.45) is 5.41 Å². The number of likely N-dealkylation sites (N-methyl/N-ethyl adjacent to an activating group) is 1. The maximum atomic E-state index is 12.2. The van der Waals surface area contributed by atoms with E-state index in [0.717, 1.165) is 47.1 Å². The summed E-state index contributed by atoms with van der Waals surface area (Å²) in [6, 6.07) is 12.9. The predicted octanol–water partition coefficient (Wildman–Crippen LogP) is 4.47. The molecule has 2 aliphatic heterocycles. The zero-order valence-corrected chi connectivity index (χ0v) is 21.0. The molecule has 8 heteroatoms. The fourth-order valence-electron chi connectivity index (χ4n) is 4.81. The lowest BCUT2D eigenvalue weighted by atomic mass is 9.95. The fourth-order valence-corrected chi connectivity index (χ4v) is 4.81. The van der Waals surface area contributed by atoms with Gasteiger partial charge in [0.1, 0.15) is 5.82 Å². The molecule has 0 radical (unpaired) electrons. The maximum absolute atomic E-state index is 12.2. The van der Waals surface area contributed by atoms with Gasteiger partial charge < -0.3 is 15.5 Å². The van der Waals surface area contributed by atoms with E-state index in [1.807, 2.05) is 57.3 Å². The largest absolute Gasteiger partial charge is 0.350 e. The molecule has 0 saturated carbocycles. The van der Waals surface area contributed by atoms with Gasteiger partial charge in [-0.25, -0.2) is 15.0 Å². The van der Waals surface area contributed by atoms with Crippen LogP contribution < -0.4 is 15.5 Å². The van der Waals surface area contributed by atoms with Crippen molar-refractivity contribution in [3.8, 4) is 11.3 Å². The van der Waals surface area contributed by atoms with Gasteiger partial charge >= 0.3 is 0 Å². The highest BCUT2D eigenvalue weighted by Gasteiger charge is 2.42. The molecule has 2 aliphatic rings. The number of aromatic nitrogens is 3. The molecule has 2 atom stereocenters. The zero-order valence-electron chi connectivity index (χ0n) is 21.0. The zero-order chi connectivity index (χ0) is 24.7. The molecular formula is C27H33N7O. The Morgan fingerprint density at radius 2 is 1.80 bits per heavy atom. The molecule has 2 saturated heterocycles. The maximum Gasteiger partial charge on any atom is 0.229 e. The van der Waals surface area contributed by atoms with Crippen LogP contribution in [-0.2, 0) is 4.79 Å². The van der Waals surface area contributed by atoms with E-state index in [4.69, 9.17) is 4.98 Å². The average Bonchev–Trinajstić information content (AvgIpc) is 3.39. The number of hydrogen-bond acceptors (Lipinski definition) is 7. The molecule has 2 aromatic heterocycles. The summed E-state index contributed by atoms with van der Waals surface area (Å²) in [6.45, 7) is 9.95. The van der Waals surface area contributed by atoms with Crippen LogP contribution in [0.2, 0.25) is 0 Å². The number of carbonyl (C=O) groups is 1. The van der Waals surface area contributed by atoms with Gasteiger partial charge in [0, 0.05) is 48.0 Å². The van der Waals surface area contributed by atoms with Crippen molar-refractivity contribution < 1.29 is 4.79 Å². The van der Waals surface area contributed by atoms with Gasteiger partial charge in [-0.3, -0.25) is 9.69 Å². The highest BCUT2D eigenvalue weighted by Crippen LogP contribution is 2.35. The molecule has 2 bridgehead atoms. The third-order valence-corrected chi connectivity index (χ3v) is 6.87. The number of carbonyl (C=O) groups excluding carboxylic acids is 1. The molecule has 0 unspecified atom stereocenters. The number of aryl methyl sites for hydroxylation is 1. The number of anilines is 4. The van der Waals surface area contributed by atoms with E-state index in [-0.39, 0.29) is 5.91 Å². The molecule has 35 heavy (non-hydrogen) atoms. The number of pyridine rings is 1. The third kappa shape index (κ3) is 4.84. The van der Waals surface area contributed by atoms with Crippen molar-refractivity contribution in [1.29, 1.82) is 0 Å². The van der Waals surface area contributed by atoms with Gasteiger partial charge in [0.05, 0.1) is 17.6 Å². The molecule has 3 aromatic rings. The lowest BCUT2D eigenvalue weighted by Crippen LogP contribution is -2.45. The first-order valence-electron chi connectivity index (χ1n) is 12.1. The van der Waals surface area contributed by atoms with Crippen LogP contribution in [0.5, 0.6) is 0 Å². The summed E-state index contributed by atoms with van der Waals surface area (Å²) >= 11 is 0. The summed E-state index contributed by atoms with van der Waals surface area (Å²) in [4.78, 5) is 31.0. The van der Waals surface area contributed by atoms with Gasteiger partial charge in [0.25, 0.3) is 0 Å². The number of hydrogen-bond donors (Lipinski definition) is 2. The van der Waals surface area contributed by atoms with E-state index in [9.17, 15) is 4.79 Å². The molecule has 1 aromatic carbocycles. The number of nitrogens with zero attached hydrogens (tertiary/aromatic N) is 5. The summed E-state index contributed by atoms with van der Waals surface area (Å²) < 4.78 is 0. The van der Waals surface area contributed by atoms with Crippen LogP contribution in [0.4, 0.5) is 23.1 Å². The first kappa shape index (κ1) is 23.2. The summed E-state index contributed by atoms with van der Waals surface area (Å²) in [5.41, 5.74) is 4.08. The molecule has 182 valence electrons. The van der Waals surface area contributed by atoms with Gasteiger partial charge in [0.15, 0.2) is 0 Å². The predicted molar refractivity (Wildman–Crippen MR) is 140 cm³/mol. The van der Waals surface area contributed by atoms with Gasteiger partial charge in [-0.05, 0) is 50.2 Å². The molecule has 1 amide bonds. The van der Waals surface area contributed by atoms with Gasteiger partial charge in [-0.15, -0.1) is 0 Å². The molecule has 0 aliphatic carbocycles. The second kappa shape index (κ2) is 8.92. The Morgan fingerprint density at radius 1 is 1.03 bits per heavy atom. The Balaban J connectivity index is 1.27. The van der Waals surface area contributed by atoms with Crippen LogP contribution in [0.1, 0.15) is 32.8 Å². The van der Waals surface area contributed by atoms with Crippen molar-refractivity contribution in [3.63, 3.8) is 0 Å². The monoisotopic (exact) mass is 471 g/mol. The fraction of sp³-hybridized carbons (Fsp3) is 0.407. The minimum atomic E-state index is -0.442. The topological polar surface area (TPSA) is 86.3 Å². The highest BCUT2D eigenvalue weighted by molar-refractivity contribution is 5.94. The van der Waals surface area contributed by atoms with Crippen molar-refractivity contribution >= 4 is 29.0 Å². The number of benzene rings is 1. The normalized spacial score (nSPS) is 19.7. The van der Waals surface area contributed by atoms with E-state index in [0.29, 0.717) is 18.0 Å². The van der Waals surface area contributed by atoms with Gasteiger partial charge in [0.2, 0.25) is 11.9 Å². The second-order valence-electron chi connectivity index (χ2n) is 10.7. The Morgan fingerprint density at radius 3 is 2.43 bits per heavy atom. The summed E-state index contributed by atoms with van der Waals surface area (Å²) in [5.74, 6) is 1.58. The van der Waals surface area contributed by atoms with Crippen LogP contribution in [0.3, 0.4) is 0 Å². The van der Waals surface area contributed by atoms with Crippen molar-refractivity contribution in [3.05, 3.63) is 54.4 Å². The Bertz CT molecular complexity index is 1230. The molecule has 0 spiro atoms. The van der Waals surface area contributed by atoms with E-state index in [2.05, 4.69) is 50.4 Å². The number of amides is 1. The molecule has 2 N–H and O–H groups in total. The van der Waals surface area contributed by atoms with Gasteiger partial charge in [-0.2, -0.15) is 0 Å². The van der Waals surface area contributed by atoms with Crippen molar-refractivity contribution in [2.75, 3.05) is 35.7 Å². The Hall–Kier alpha value is -3.52. The second-order valence-corrected chi connectivity index (χ2v) is 10.7. The van der Waals surface area contributed by atoms with Crippen LogP contribution in [-0.4, -0.2) is 58.0 Å². The van der Waals surface area contributed by atoms with Crippen LogP contribution in [0.15, 0.2) is 48.8 Å². The minimum Gasteiger partial charge on any atom is -0.350 e. The number of piperazine rings is 1. The van der Waals surface area contributed by atoms with E-state index < -0.39 is 5.41 Å². The molecular weight excluding hydrogens is 438 g/mol. The van der Waals surface area contributed by atoms with Crippen molar-refractivity contribution in [1.82, 2.24) is 19.9 Å². The smallest absolute Gasteiger partial charge is 0.229 e. The Kier molecular flexibility index (Phi) is 5.92. The molecule has 2 fully saturated rings.